The van der Waals surface area contributed by atoms with Gasteiger partial charge in [0, 0.05) is 11.9 Å². The zero-order valence-corrected chi connectivity index (χ0v) is 9.41. The summed E-state index contributed by atoms with van der Waals surface area (Å²) >= 11 is 1.42. The Kier molecular flexibility index (Phi) is 3.02. The quantitative estimate of drug-likeness (QED) is 0.818. The number of hydrogen-bond acceptors (Lipinski definition) is 4. The largest absolute Gasteiger partial charge is 0.394 e. The highest BCUT2D eigenvalue weighted by atomic mass is 32.1. The molecule has 0 spiro atoms. The maximum Gasteiger partial charge on any atom is 0.273 e. The van der Waals surface area contributed by atoms with Gasteiger partial charge in [0.25, 0.3) is 5.91 Å². The SMILES string of the molecule is CC1CCN(C(=O)c2cscn2)C1CO. The molecule has 4 nitrogen and oxygen atoms in total. The van der Waals surface area contributed by atoms with Crippen LogP contribution in [0.5, 0.6) is 0 Å². The molecule has 2 rings (SSSR count). The standard InChI is InChI=1S/C10H14N2O2S/c1-7-2-3-12(9(7)4-13)10(14)8-5-15-6-11-8/h5-7,9,13H,2-4H2,1H3. The average molecular weight is 226 g/mol. The predicted molar refractivity (Wildman–Crippen MR) is 57.8 cm³/mol. The van der Waals surface area contributed by atoms with Crippen molar-refractivity contribution < 1.29 is 9.90 Å². The van der Waals surface area contributed by atoms with Gasteiger partial charge in [-0.05, 0) is 12.3 Å². The Morgan fingerprint density at radius 3 is 3.20 bits per heavy atom. The molecule has 1 N–H and O–H groups in total. The van der Waals surface area contributed by atoms with Crippen LogP contribution in [0.3, 0.4) is 0 Å². The molecule has 82 valence electrons. The van der Waals surface area contributed by atoms with Gasteiger partial charge in [-0.1, -0.05) is 6.92 Å². The number of carbonyl (C=O) groups excluding carboxylic acids is 1. The maximum atomic E-state index is 12.0. The molecule has 0 aliphatic carbocycles. The molecule has 0 radical (unpaired) electrons. The molecule has 0 bridgehead atoms. The van der Waals surface area contributed by atoms with E-state index in [0.717, 1.165) is 13.0 Å². The summed E-state index contributed by atoms with van der Waals surface area (Å²) in [5, 5.41) is 11.0. The Bertz CT molecular complexity index is 339. The molecule has 1 fully saturated rings. The minimum absolute atomic E-state index is 0.0387. The summed E-state index contributed by atoms with van der Waals surface area (Å²) in [4.78, 5) is 17.7. The van der Waals surface area contributed by atoms with Gasteiger partial charge >= 0.3 is 0 Å². The third kappa shape index (κ3) is 1.89. The summed E-state index contributed by atoms with van der Waals surface area (Å²) in [6.07, 6.45) is 0.959. The van der Waals surface area contributed by atoms with Crippen molar-refractivity contribution in [1.29, 1.82) is 0 Å². The molecule has 0 saturated carbocycles. The predicted octanol–water partition coefficient (Wildman–Crippen LogP) is 0.986. The van der Waals surface area contributed by atoms with Crippen LogP contribution in [-0.4, -0.2) is 40.1 Å². The summed E-state index contributed by atoms with van der Waals surface area (Å²) in [5.41, 5.74) is 2.15. The summed E-state index contributed by atoms with van der Waals surface area (Å²) in [5.74, 6) is 0.317. The molecule has 1 aliphatic heterocycles. The molecule has 2 unspecified atom stereocenters. The number of aromatic nitrogens is 1. The summed E-state index contributed by atoms with van der Waals surface area (Å²) in [6, 6.07) is -0.0424. The molecule has 1 aliphatic rings. The number of likely N-dealkylation sites (tertiary alicyclic amines) is 1. The van der Waals surface area contributed by atoms with E-state index < -0.39 is 0 Å². The van der Waals surface area contributed by atoms with Gasteiger partial charge in [0.15, 0.2) is 0 Å². The smallest absolute Gasteiger partial charge is 0.273 e. The van der Waals surface area contributed by atoms with Crippen LogP contribution in [0, 0.1) is 5.92 Å². The molecule has 1 aromatic rings. The molecule has 1 saturated heterocycles. The van der Waals surface area contributed by atoms with E-state index in [-0.39, 0.29) is 18.6 Å². The Balaban J connectivity index is 2.14. The van der Waals surface area contributed by atoms with Crippen LogP contribution in [0.1, 0.15) is 23.8 Å². The van der Waals surface area contributed by atoms with Gasteiger partial charge in [-0.15, -0.1) is 11.3 Å². The molecule has 5 heteroatoms. The topological polar surface area (TPSA) is 53.4 Å². The van der Waals surface area contributed by atoms with Gasteiger partial charge in [-0.25, -0.2) is 4.98 Å². The van der Waals surface area contributed by atoms with Crippen molar-refractivity contribution in [2.75, 3.05) is 13.2 Å². The normalized spacial score (nSPS) is 25.9. The molecule has 1 aromatic heterocycles. The van der Waals surface area contributed by atoms with Crippen LogP contribution in [0.25, 0.3) is 0 Å². The number of carbonyl (C=O) groups is 1. The van der Waals surface area contributed by atoms with Crippen LogP contribution >= 0.6 is 11.3 Å². The van der Waals surface area contributed by atoms with E-state index >= 15 is 0 Å². The second kappa shape index (κ2) is 4.28. The first-order chi connectivity index (χ1) is 7.24. The van der Waals surface area contributed by atoms with E-state index in [1.165, 1.54) is 11.3 Å². The van der Waals surface area contributed by atoms with Gasteiger partial charge < -0.3 is 10.0 Å². The number of aliphatic hydroxyl groups is 1. The number of amides is 1. The van der Waals surface area contributed by atoms with Gasteiger partial charge in [0.05, 0.1) is 18.2 Å². The average Bonchev–Trinajstić information content (AvgIpc) is 2.85. The maximum absolute atomic E-state index is 12.0. The Morgan fingerprint density at radius 1 is 1.80 bits per heavy atom. The van der Waals surface area contributed by atoms with Crippen LogP contribution in [0.4, 0.5) is 0 Å². The van der Waals surface area contributed by atoms with Crippen molar-refractivity contribution in [1.82, 2.24) is 9.88 Å². The van der Waals surface area contributed by atoms with Crippen LogP contribution in [-0.2, 0) is 0 Å². The molecule has 2 atom stereocenters. The van der Waals surface area contributed by atoms with Crippen molar-refractivity contribution in [3.05, 3.63) is 16.6 Å². The summed E-state index contributed by atoms with van der Waals surface area (Å²) < 4.78 is 0. The van der Waals surface area contributed by atoms with E-state index in [1.807, 2.05) is 0 Å². The Morgan fingerprint density at radius 2 is 2.60 bits per heavy atom. The summed E-state index contributed by atoms with van der Waals surface area (Å²) in [7, 11) is 0. The lowest BCUT2D eigenvalue weighted by atomic mass is 10.0. The molecule has 15 heavy (non-hydrogen) atoms. The monoisotopic (exact) mass is 226 g/mol. The highest BCUT2D eigenvalue weighted by molar-refractivity contribution is 7.07. The van der Waals surface area contributed by atoms with Gasteiger partial charge in [-0.3, -0.25) is 4.79 Å². The van der Waals surface area contributed by atoms with Crippen LogP contribution < -0.4 is 0 Å². The lowest BCUT2D eigenvalue weighted by Crippen LogP contribution is -2.39. The minimum atomic E-state index is -0.0559. The van der Waals surface area contributed by atoms with Crippen molar-refractivity contribution in [3.63, 3.8) is 0 Å². The van der Waals surface area contributed by atoms with Crippen molar-refractivity contribution in [3.8, 4) is 0 Å². The fraction of sp³-hybridized carbons (Fsp3) is 0.600. The molecular weight excluding hydrogens is 212 g/mol. The number of nitrogens with zero attached hydrogens (tertiary/aromatic N) is 2. The molecule has 2 heterocycles. The van der Waals surface area contributed by atoms with E-state index in [2.05, 4.69) is 11.9 Å². The third-order valence-corrected chi connectivity index (χ3v) is 3.57. The number of aliphatic hydroxyl groups excluding tert-OH is 1. The zero-order chi connectivity index (χ0) is 10.8. The first-order valence-electron chi connectivity index (χ1n) is 5.04. The van der Waals surface area contributed by atoms with Gasteiger partial charge in [0.1, 0.15) is 5.69 Å². The van der Waals surface area contributed by atoms with E-state index in [9.17, 15) is 9.90 Å². The lowest BCUT2D eigenvalue weighted by Gasteiger charge is -2.24. The van der Waals surface area contributed by atoms with Crippen molar-refractivity contribution >= 4 is 17.2 Å². The van der Waals surface area contributed by atoms with Crippen molar-refractivity contribution in [2.24, 2.45) is 5.92 Å². The number of rotatable bonds is 2. The lowest BCUT2D eigenvalue weighted by molar-refractivity contribution is 0.0643. The molecule has 1 amide bonds. The Labute approximate surface area is 92.6 Å². The zero-order valence-electron chi connectivity index (χ0n) is 8.59. The fourth-order valence-corrected chi connectivity index (χ4v) is 2.53. The number of thiazole rings is 1. The van der Waals surface area contributed by atoms with E-state index in [4.69, 9.17) is 0 Å². The minimum Gasteiger partial charge on any atom is -0.394 e. The number of hydrogen-bond donors (Lipinski definition) is 1. The second-order valence-corrected chi connectivity index (χ2v) is 4.61. The molecular formula is C10H14N2O2S. The van der Waals surface area contributed by atoms with E-state index in [1.54, 1.807) is 15.8 Å². The van der Waals surface area contributed by atoms with Crippen LogP contribution in [0.15, 0.2) is 10.9 Å². The molecule has 0 aromatic carbocycles. The second-order valence-electron chi connectivity index (χ2n) is 3.89. The van der Waals surface area contributed by atoms with Crippen molar-refractivity contribution in [2.45, 2.75) is 19.4 Å². The third-order valence-electron chi connectivity index (χ3n) is 2.98. The highest BCUT2D eigenvalue weighted by Gasteiger charge is 2.34. The Hall–Kier alpha value is -0.940. The first kappa shape index (κ1) is 10.6. The first-order valence-corrected chi connectivity index (χ1v) is 5.98. The highest BCUT2D eigenvalue weighted by Crippen LogP contribution is 2.25. The van der Waals surface area contributed by atoms with Crippen LogP contribution in [0.2, 0.25) is 0 Å². The summed E-state index contributed by atoms with van der Waals surface area (Å²) in [6.45, 7) is 2.83. The van der Waals surface area contributed by atoms with Gasteiger partial charge in [-0.2, -0.15) is 0 Å². The van der Waals surface area contributed by atoms with Gasteiger partial charge in [0.2, 0.25) is 0 Å². The fourth-order valence-electron chi connectivity index (χ4n) is 2.00. The van der Waals surface area contributed by atoms with E-state index in [0.29, 0.717) is 11.6 Å².